The van der Waals surface area contributed by atoms with Crippen LogP contribution < -0.4 is 0 Å². The van der Waals surface area contributed by atoms with Crippen molar-refractivity contribution in [2.45, 2.75) is 31.7 Å². The molecule has 1 N–H and O–H groups in total. The van der Waals surface area contributed by atoms with Gasteiger partial charge in [0.25, 0.3) is 0 Å². The lowest BCUT2D eigenvalue weighted by Gasteiger charge is -2.20. The third-order valence-corrected chi connectivity index (χ3v) is 5.85. The van der Waals surface area contributed by atoms with Gasteiger partial charge in [0.15, 0.2) is 11.3 Å². The van der Waals surface area contributed by atoms with Crippen molar-refractivity contribution >= 4 is 23.1 Å². The summed E-state index contributed by atoms with van der Waals surface area (Å²) >= 11 is 1.41. The van der Waals surface area contributed by atoms with E-state index in [0.29, 0.717) is 16.4 Å². The zero-order valence-electron chi connectivity index (χ0n) is 16.5. The summed E-state index contributed by atoms with van der Waals surface area (Å²) in [5.74, 6) is 0.381. The van der Waals surface area contributed by atoms with Crippen LogP contribution in [0.15, 0.2) is 36.9 Å². The molecule has 0 unspecified atom stereocenters. The number of halogens is 1. The lowest BCUT2D eigenvalue weighted by Crippen LogP contribution is -2.26. The zero-order chi connectivity index (χ0) is 20.9. The number of carbonyl (C=O) groups excluding carboxylic acids is 1. The number of H-pyrrole nitrogens is 1. The minimum atomic E-state index is -0.236. The lowest BCUT2D eigenvalue weighted by molar-refractivity contribution is 0.112. The van der Waals surface area contributed by atoms with Gasteiger partial charge in [-0.2, -0.15) is 5.10 Å². The first kappa shape index (κ1) is 20.3. The Morgan fingerprint density at radius 1 is 1.30 bits per heavy atom. The minimum Gasteiger partial charge on any atom is -0.347 e. The summed E-state index contributed by atoms with van der Waals surface area (Å²) in [5.41, 5.74) is 3.05. The fourth-order valence-corrected chi connectivity index (χ4v) is 3.88. The predicted octanol–water partition coefficient (Wildman–Crippen LogP) is 3.10. The Hall–Kier alpha value is -2.98. The van der Waals surface area contributed by atoms with E-state index >= 15 is 0 Å². The van der Waals surface area contributed by atoms with E-state index in [2.05, 4.69) is 37.2 Å². The van der Waals surface area contributed by atoms with Crippen LogP contribution in [0.1, 0.15) is 45.0 Å². The van der Waals surface area contributed by atoms with E-state index in [-0.39, 0.29) is 5.82 Å². The van der Waals surface area contributed by atoms with Crippen molar-refractivity contribution in [1.29, 1.82) is 0 Å². The molecular weight excluding hydrogens is 405 g/mol. The average Bonchev–Trinajstić information content (AvgIpc) is 3.15. The van der Waals surface area contributed by atoms with Crippen LogP contribution in [0, 0.1) is 5.82 Å². The quantitative estimate of drug-likeness (QED) is 0.494. The van der Waals surface area contributed by atoms with Crippen LogP contribution >= 0.6 is 11.3 Å². The van der Waals surface area contributed by atoms with E-state index in [1.165, 1.54) is 46.1 Å². The molecule has 1 aliphatic carbocycles. The first-order valence-corrected chi connectivity index (χ1v) is 10.5. The summed E-state index contributed by atoms with van der Waals surface area (Å²) in [6, 6.07) is 4.67. The molecule has 1 aliphatic heterocycles. The number of carbonyl (C=O) groups is 1. The Labute approximate surface area is 176 Å². The number of hydrogen-bond acceptors (Lipinski definition) is 7. The molecule has 6 rings (SSSR count). The third kappa shape index (κ3) is 4.95. The highest BCUT2D eigenvalue weighted by atomic mass is 32.1. The Balaban J connectivity index is 0.000000109. The molecule has 0 atom stereocenters. The maximum Gasteiger partial charge on any atom is 0.180 e. The lowest BCUT2D eigenvalue weighted by atomic mass is 10.2. The average molecular weight is 428 g/mol. The summed E-state index contributed by atoms with van der Waals surface area (Å²) < 4.78 is 14.3. The number of likely N-dealkylation sites (N-methyl/N-ethyl adjacent to an activating group) is 1. The Morgan fingerprint density at radius 2 is 2.17 bits per heavy atom. The summed E-state index contributed by atoms with van der Waals surface area (Å²) in [6.07, 6.45) is 9.33. The van der Waals surface area contributed by atoms with E-state index in [1.54, 1.807) is 30.9 Å². The molecule has 0 radical (unpaired) electrons. The number of nitrogens with zero attached hydrogens (tertiary/aromatic N) is 6. The van der Waals surface area contributed by atoms with Crippen molar-refractivity contribution < 1.29 is 9.18 Å². The van der Waals surface area contributed by atoms with E-state index in [9.17, 15) is 9.18 Å². The number of nitrogens with one attached hydrogen (secondary N) is 1. The smallest absolute Gasteiger partial charge is 0.180 e. The van der Waals surface area contributed by atoms with E-state index in [0.717, 1.165) is 30.8 Å². The van der Waals surface area contributed by atoms with Gasteiger partial charge in [-0.1, -0.05) is 11.3 Å². The monoisotopic (exact) mass is 427 g/mol. The van der Waals surface area contributed by atoms with Crippen molar-refractivity contribution in [3.63, 3.8) is 0 Å². The van der Waals surface area contributed by atoms with Crippen LogP contribution in [0.4, 0.5) is 4.39 Å². The van der Waals surface area contributed by atoms with Crippen LogP contribution in [-0.2, 0) is 13.0 Å². The maximum atomic E-state index is 12.8. The number of aldehydes is 1. The molecule has 4 aromatic heterocycles. The van der Waals surface area contributed by atoms with Crippen molar-refractivity contribution in [3.05, 3.63) is 64.1 Å². The highest BCUT2D eigenvalue weighted by Crippen LogP contribution is 2.40. The maximum absolute atomic E-state index is 12.8. The highest BCUT2D eigenvalue weighted by Gasteiger charge is 2.27. The van der Waals surface area contributed by atoms with Gasteiger partial charge in [-0.05, 0) is 38.1 Å². The molecule has 30 heavy (non-hydrogen) atoms. The predicted molar refractivity (Wildman–Crippen MR) is 111 cm³/mol. The second-order valence-electron chi connectivity index (χ2n) is 7.20. The molecule has 2 aliphatic rings. The number of pyridine rings is 1. The molecule has 10 heteroatoms. The Kier molecular flexibility index (Phi) is 6.24. The van der Waals surface area contributed by atoms with Gasteiger partial charge in [-0.3, -0.25) is 4.79 Å². The van der Waals surface area contributed by atoms with Gasteiger partial charge in [0, 0.05) is 31.6 Å². The van der Waals surface area contributed by atoms with Crippen LogP contribution in [0.2, 0.25) is 0 Å². The molecule has 1 fully saturated rings. The van der Waals surface area contributed by atoms with Gasteiger partial charge >= 0.3 is 0 Å². The SMILES string of the molecule is CN1CCc2nc[nH]c2C1.Fc1cccn2nccc12.O=Cc1nnc(C2CC2)s1. The summed E-state index contributed by atoms with van der Waals surface area (Å²) in [7, 11) is 2.13. The summed E-state index contributed by atoms with van der Waals surface area (Å²) in [4.78, 5) is 19.8. The van der Waals surface area contributed by atoms with Gasteiger partial charge in [-0.25, -0.2) is 13.9 Å². The number of imidazole rings is 1. The van der Waals surface area contributed by atoms with Crippen molar-refractivity contribution in [3.8, 4) is 0 Å². The van der Waals surface area contributed by atoms with Gasteiger partial charge in [-0.15, -0.1) is 10.2 Å². The standard InChI is InChI=1S/C7H5FN2.C7H11N3.C6H6N2OS/c8-6-2-1-5-10-7(6)3-4-9-10;1-10-3-2-6-7(4-10)9-5-8-6;9-3-5-7-8-6(10-5)4-1-2-4/h1-5H;5H,2-4H2,1H3,(H,8,9);3-4H,1-2H2. The second kappa shape index (κ2) is 9.23. The van der Waals surface area contributed by atoms with Crippen LogP contribution in [0.25, 0.3) is 5.52 Å². The molecular formula is C20H22FN7OS. The van der Waals surface area contributed by atoms with Crippen molar-refractivity contribution in [1.82, 2.24) is 34.7 Å². The molecule has 5 heterocycles. The highest BCUT2D eigenvalue weighted by molar-refractivity contribution is 7.13. The largest absolute Gasteiger partial charge is 0.347 e. The molecule has 156 valence electrons. The molecule has 0 amide bonds. The van der Waals surface area contributed by atoms with Crippen LogP contribution in [0.5, 0.6) is 0 Å². The molecule has 1 saturated carbocycles. The molecule has 0 saturated heterocycles. The third-order valence-electron chi connectivity index (χ3n) is 4.83. The number of hydrogen-bond donors (Lipinski definition) is 1. The van der Waals surface area contributed by atoms with E-state index in [4.69, 9.17) is 0 Å². The zero-order valence-corrected chi connectivity index (χ0v) is 17.3. The van der Waals surface area contributed by atoms with Crippen molar-refractivity contribution in [2.75, 3.05) is 13.6 Å². The number of fused-ring (bicyclic) bond motifs is 2. The van der Waals surface area contributed by atoms with E-state index < -0.39 is 0 Å². The number of rotatable bonds is 2. The van der Waals surface area contributed by atoms with Crippen molar-refractivity contribution in [2.24, 2.45) is 0 Å². The normalized spacial score (nSPS) is 15.5. The minimum absolute atomic E-state index is 0.236. The van der Waals surface area contributed by atoms with Gasteiger partial charge in [0.05, 0.1) is 23.9 Å². The fraction of sp³-hybridized carbons (Fsp3) is 0.350. The number of aromatic nitrogens is 6. The Morgan fingerprint density at radius 3 is 2.90 bits per heavy atom. The molecule has 0 spiro atoms. The molecule has 8 nitrogen and oxygen atoms in total. The summed E-state index contributed by atoms with van der Waals surface area (Å²) in [5, 5.41) is 13.0. The topological polar surface area (TPSA) is 92.1 Å². The second-order valence-corrected chi connectivity index (χ2v) is 8.24. The first-order chi connectivity index (χ1) is 14.6. The van der Waals surface area contributed by atoms with Gasteiger partial charge in [0.1, 0.15) is 16.3 Å². The molecule has 0 aromatic carbocycles. The Bertz CT molecular complexity index is 1120. The fourth-order valence-electron chi connectivity index (χ4n) is 3.05. The van der Waals surface area contributed by atoms with Crippen LogP contribution in [-0.4, -0.2) is 54.6 Å². The molecule has 4 aromatic rings. The first-order valence-electron chi connectivity index (χ1n) is 9.70. The van der Waals surface area contributed by atoms with E-state index in [1.807, 2.05) is 0 Å². The van der Waals surface area contributed by atoms with Gasteiger partial charge in [0.2, 0.25) is 0 Å². The van der Waals surface area contributed by atoms with Gasteiger partial charge < -0.3 is 9.88 Å². The molecule has 0 bridgehead atoms. The summed E-state index contributed by atoms with van der Waals surface area (Å²) in [6.45, 7) is 2.16. The van der Waals surface area contributed by atoms with Crippen LogP contribution in [0.3, 0.4) is 0 Å². The number of aromatic amines is 1.